The minimum Gasteiger partial charge on any atom is -0.497 e. The summed E-state index contributed by atoms with van der Waals surface area (Å²) in [4.78, 5) is 34.9. The number of hydrogen-bond donors (Lipinski definition) is 1. The Morgan fingerprint density at radius 1 is 1.21 bits per heavy atom. The Balaban J connectivity index is 1.54. The van der Waals surface area contributed by atoms with Gasteiger partial charge in [0.25, 0.3) is 5.91 Å². The molecule has 1 N–H and O–H groups in total. The molecule has 1 saturated heterocycles. The first kappa shape index (κ1) is 17.7. The van der Waals surface area contributed by atoms with Gasteiger partial charge in [-0.25, -0.2) is 9.78 Å². The summed E-state index contributed by atoms with van der Waals surface area (Å²) in [6, 6.07) is 10.2. The molecule has 1 atom stereocenters. The number of rotatable bonds is 5. The first-order valence-electron chi connectivity index (χ1n) is 8.65. The lowest BCUT2D eigenvalue weighted by Crippen LogP contribution is -2.40. The van der Waals surface area contributed by atoms with E-state index >= 15 is 0 Å². The Labute approximate surface area is 161 Å². The van der Waals surface area contributed by atoms with Gasteiger partial charge in [-0.2, -0.15) is 0 Å². The first-order chi connectivity index (χ1) is 13.5. The molecule has 2 aromatic heterocycles. The van der Waals surface area contributed by atoms with Crippen LogP contribution in [-0.2, 0) is 16.9 Å². The fourth-order valence-corrected chi connectivity index (χ4v) is 3.10. The van der Waals surface area contributed by atoms with E-state index in [1.54, 1.807) is 50.7 Å². The molecule has 3 amide bonds. The lowest BCUT2D eigenvalue weighted by Gasteiger charge is -2.21. The quantitative estimate of drug-likeness (QED) is 0.686. The molecule has 3 aromatic rings. The first-order valence-corrected chi connectivity index (χ1v) is 8.65. The van der Waals surface area contributed by atoms with Crippen molar-refractivity contribution in [2.24, 2.45) is 0 Å². The lowest BCUT2D eigenvalue weighted by atomic mass is 9.93. The normalized spacial score (nSPS) is 19.0. The van der Waals surface area contributed by atoms with E-state index in [0.717, 1.165) is 16.2 Å². The highest BCUT2D eigenvalue weighted by molar-refractivity contribution is 6.07. The number of amides is 3. The van der Waals surface area contributed by atoms with E-state index in [1.165, 1.54) is 6.26 Å². The van der Waals surface area contributed by atoms with Gasteiger partial charge in [-0.05, 0) is 37.3 Å². The van der Waals surface area contributed by atoms with Crippen LogP contribution in [0.2, 0.25) is 0 Å². The van der Waals surface area contributed by atoms with E-state index in [2.05, 4.69) is 15.3 Å². The molecule has 4 rings (SSSR count). The van der Waals surface area contributed by atoms with Gasteiger partial charge in [-0.15, -0.1) is 0 Å². The number of carbonyl (C=O) groups is 2. The standard InChI is InChI=1S/C20H18N4O4/c1-20(14-4-3-9-21-10-14)18(25)24(19(26)23-20)11-15-12-28-17(22-15)13-5-7-16(27-2)8-6-13/h3-10,12H,11H2,1-2H3,(H,23,26)/t20-/m0/s1. The Kier molecular flexibility index (Phi) is 4.31. The molecule has 0 bridgehead atoms. The highest BCUT2D eigenvalue weighted by atomic mass is 16.5. The number of carbonyl (C=O) groups excluding carboxylic acids is 2. The van der Waals surface area contributed by atoms with E-state index in [1.807, 2.05) is 12.1 Å². The Morgan fingerprint density at radius 2 is 2.00 bits per heavy atom. The molecule has 1 aliphatic rings. The van der Waals surface area contributed by atoms with Crippen molar-refractivity contribution in [3.8, 4) is 17.2 Å². The van der Waals surface area contributed by atoms with Gasteiger partial charge < -0.3 is 14.5 Å². The van der Waals surface area contributed by atoms with Gasteiger partial charge >= 0.3 is 6.03 Å². The second kappa shape index (κ2) is 6.80. The summed E-state index contributed by atoms with van der Waals surface area (Å²) in [6.07, 6.45) is 4.63. The number of benzene rings is 1. The molecule has 0 radical (unpaired) electrons. The number of methoxy groups -OCH3 is 1. The minimum absolute atomic E-state index is 0.0141. The van der Waals surface area contributed by atoms with Crippen molar-refractivity contribution in [2.45, 2.75) is 19.0 Å². The molecule has 142 valence electrons. The summed E-state index contributed by atoms with van der Waals surface area (Å²) in [5, 5.41) is 2.74. The van der Waals surface area contributed by atoms with Crippen LogP contribution in [-0.4, -0.2) is 33.9 Å². The van der Waals surface area contributed by atoms with Crippen molar-refractivity contribution in [1.82, 2.24) is 20.2 Å². The summed E-state index contributed by atoms with van der Waals surface area (Å²) in [5.41, 5.74) is 0.706. The van der Waals surface area contributed by atoms with E-state index in [0.29, 0.717) is 17.1 Å². The topological polar surface area (TPSA) is 97.6 Å². The van der Waals surface area contributed by atoms with Gasteiger partial charge in [0, 0.05) is 23.5 Å². The molecule has 8 heteroatoms. The summed E-state index contributed by atoms with van der Waals surface area (Å²) in [6.45, 7) is 1.68. The third-order valence-electron chi connectivity index (χ3n) is 4.72. The van der Waals surface area contributed by atoms with Crippen LogP contribution in [0, 0.1) is 0 Å². The summed E-state index contributed by atoms with van der Waals surface area (Å²) >= 11 is 0. The average Bonchev–Trinajstić information content (AvgIpc) is 3.28. The molecule has 8 nitrogen and oxygen atoms in total. The van der Waals surface area contributed by atoms with Gasteiger partial charge in [0.05, 0.1) is 19.3 Å². The summed E-state index contributed by atoms with van der Waals surface area (Å²) < 4.78 is 10.6. The largest absolute Gasteiger partial charge is 0.497 e. The third kappa shape index (κ3) is 2.98. The third-order valence-corrected chi connectivity index (χ3v) is 4.72. The van der Waals surface area contributed by atoms with Gasteiger partial charge in [0.2, 0.25) is 5.89 Å². The summed E-state index contributed by atoms with van der Waals surface area (Å²) in [5.74, 6) is 0.767. The molecule has 3 heterocycles. The molecule has 0 aliphatic carbocycles. The molecule has 28 heavy (non-hydrogen) atoms. The van der Waals surface area contributed by atoms with Crippen LogP contribution < -0.4 is 10.1 Å². The van der Waals surface area contributed by atoms with Crippen molar-refractivity contribution >= 4 is 11.9 Å². The SMILES string of the molecule is COc1ccc(-c2nc(CN3C(=O)N[C@@](C)(c4cccnc4)C3=O)co2)cc1. The zero-order valence-corrected chi connectivity index (χ0v) is 15.4. The van der Waals surface area contributed by atoms with Crippen LogP contribution in [0.5, 0.6) is 5.75 Å². The van der Waals surface area contributed by atoms with Crippen LogP contribution in [0.4, 0.5) is 4.79 Å². The fourth-order valence-electron chi connectivity index (χ4n) is 3.10. The highest BCUT2D eigenvalue weighted by Gasteiger charge is 2.49. The smallest absolute Gasteiger partial charge is 0.325 e. The van der Waals surface area contributed by atoms with E-state index in [9.17, 15) is 9.59 Å². The Morgan fingerprint density at radius 3 is 2.68 bits per heavy atom. The molecule has 0 unspecified atom stereocenters. The molecular weight excluding hydrogens is 360 g/mol. The molecule has 1 fully saturated rings. The number of hydrogen-bond acceptors (Lipinski definition) is 6. The maximum absolute atomic E-state index is 12.9. The van der Waals surface area contributed by atoms with Crippen LogP contribution in [0.15, 0.2) is 59.5 Å². The Hall–Kier alpha value is -3.68. The average molecular weight is 378 g/mol. The van der Waals surface area contributed by atoms with Crippen LogP contribution in [0.3, 0.4) is 0 Å². The predicted molar refractivity (Wildman–Crippen MR) is 99.2 cm³/mol. The van der Waals surface area contributed by atoms with Crippen LogP contribution in [0.25, 0.3) is 11.5 Å². The number of ether oxygens (including phenoxy) is 1. The zero-order valence-electron chi connectivity index (χ0n) is 15.4. The summed E-state index contributed by atoms with van der Waals surface area (Å²) in [7, 11) is 1.59. The van der Waals surface area contributed by atoms with E-state index < -0.39 is 11.6 Å². The molecule has 1 aromatic carbocycles. The highest BCUT2D eigenvalue weighted by Crippen LogP contribution is 2.29. The van der Waals surface area contributed by atoms with Crippen molar-refractivity contribution in [3.05, 3.63) is 66.3 Å². The Bertz CT molecular complexity index is 1020. The number of urea groups is 1. The second-order valence-electron chi connectivity index (χ2n) is 6.56. The van der Waals surface area contributed by atoms with Crippen molar-refractivity contribution in [3.63, 3.8) is 0 Å². The maximum Gasteiger partial charge on any atom is 0.325 e. The predicted octanol–water partition coefficient (Wildman–Crippen LogP) is 2.71. The van der Waals surface area contributed by atoms with Crippen molar-refractivity contribution in [1.29, 1.82) is 0 Å². The van der Waals surface area contributed by atoms with Crippen LogP contribution in [0.1, 0.15) is 18.2 Å². The van der Waals surface area contributed by atoms with Gasteiger partial charge in [-0.3, -0.25) is 14.7 Å². The van der Waals surface area contributed by atoms with Crippen LogP contribution >= 0.6 is 0 Å². The monoisotopic (exact) mass is 378 g/mol. The zero-order chi connectivity index (χ0) is 19.7. The van der Waals surface area contributed by atoms with Gasteiger partial charge in [0.15, 0.2) is 0 Å². The molecule has 1 aliphatic heterocycles. The molecule has 0 spiro atoms. The number of pyridine rings is 1. The fraction of sp³-hybridized carbons (Fsp3) is 0.200. The van der Waals surface area contributed by atoms with E-state index in [-0.39, 0.29) is 12.5 Å². The molecular formula is C20H18N4O4. The second-order valence-corrected chi connectivity index (χ2v) is 6.56. The van der Waals surface area contributed by atoms with E-state index in [4.69, 9.17) is 9.15 Å². The molecule has 0 saturated carbocycles. The number of aromatic nitrogens is 2. The minimum atomic E-state index is -1.16. The van der Waals surface area contributed by atoms with Gasteiger partial charge in [-0.1, -0.05) is 6.07 Å². The number of nitrogens with zero attached hydrogens (tertiary/aromatic N) is 3. The van der Waals surface area contributed by atoms with Crippen molar-refractivity contribution in [2.75, 3.05) is 7.11 Å². The number of nitrogens with one attached hydrogen (secondary N) is 1. The number of oxazole rings is 1. The maximum atomic E-state index is 12.9. The van der Waals surface area contributed by atoms with Gasteiger partial charge in [0.1, 0.15) is 17.6 Å². The lowest BCUT2D eigenvalue weighted by molar-refractivity contribution is -0.131. The number of imide groups is 1. The van der Waals surface area contributed by atoms with Crippen molar-refractivity contribution < 1.29 is 18.7 Å².